The highest BCUT2D eigenvalue weighted by molar-refractivity contribution is 6.29. The van der Waals surface area contributed by atoms with Crippen LogP contribution in [0, 0.1) is 0 Å². The van der Waals surface area contributed by atoms with Gasteiger partial charge in [0.1, 0.15) is 10.8 Å². The van der Waals surface area contributed by atoms with Gasteiger partial charge in [0.2, 0.25) is 0 Å². The van der Waals surface area contributed by atoms with Crippen LogP contribution in [0.2, 0.25) is 5.15 Å². The Hall–Kier alpha value is -2.67. The molecule has 3 aromatic heterocycles. The highest BCUT2D eigenvalue weighted by Crippen LogP contribution is 2.21. The maximum atomic E-state index is 11.8. The minimum atomic E-state index is -0.536. The van der Waals surface area contributed by atoms with Gasteiger partial charge in [-0.05, 0) is 44.5 Å². The van der Waals surface area contributed by atoms with Gasteiger partial charge in [-0.1, -0.05) is 11.6 Å². The molecule has 0 fully saturated rings. The van der Waals surface area contributed by atoms with E-state index in [9.17, 15) is 4.79 Å². The molecule has 25 heavy (non-hydrogen) atoms. The van der Waals surface area contributed by atoms with Crippen LogP contribution in [0.25, 0.3) is 16.9 Å². The number of carbonyl (C=O) groups excluding carboxylic acids is 1. The van der Waals surface area contributed by atoms with E-state index in [0.717, 1.165) is 16.8 Å². The highest BCUT2D eigenvalue weighted by Gasteiger charge is 2.16. The molecule has 0 atom stereocenters. The van der Waals surface area contributed by atoms with E-state index >= 15 is 0 Å². The maximum absolute atomic E-state index is 11.8. The van der Waals surface area contributed by atoms with E-state index in [4.69, 9.17) is 16.3 Å². The second-order valence-electron chi connectivity index (χ2n) is 6.51. The zero-order chi connectivity index (χ0) is 18.0. The third-order valence-electron chi connectivity index (χ3n) is 3.26. The first-order chi connectivity index (χ1) is 11.8. The highest BCUT2D eigenvalue weighted by atomic mass is 35.5. The molecule has 1 N–H and O–H groups in total. The molecule has 7 nitrogen and oxygen atoms in total. The topological polar surface area (TPSA) is 81.4 Å². The molecule has 0 unspecified atom stereocenters. The standard InChI is InChI=1S/C17H18ClN5O2/c1-17(2,3)25-16(24)21-8-11-6-12(9-19-7-11)13-10-20-15-5-4-14(18)22-23(13)15/h4-7,9-10H,8H2,1-3H3,(H,21,24). The Balaban J connectivity index is 1.79. The lowest BCUT2D eigenvalue weighted by molar-refractivity contribution is 0.0523. The summed E-state index contributed by atoms with van der Waals surface area (Å²) in [4.78, 5) is 20.3. The number of fused-ring (bicyclic) bond motifs is 1. The molecule has 0 aliphatic heterocycles. The van der Waals surface area contributed by atoms with Crippen molar-refractivity contribution in [3.63, 3.8) is 0 Å². The number of alkyl carbamates (subject to hydrolysis) is 1. The van der Waals surface area contributed by atoms with E-state index in [1.54, 1.807) is 35.2 Å². The van der Waals surface area contributed by atoms with Gasteiger partial charge in [-0.2, -0.15) is 5.10 Å². The Morgan fingerprint density at radius 3 is 2.84 bits per heavy atom. The number of rotatable bonds is 3. The quantitative estimate of drug-likeness (QED) is 0.774. The Kier molecular flexibility index (Phi) is 4.59. The summed E-state index contributed by atoms with van der Waals surface area (Å²) < 4.78 is 6.88. The first-order valence-corrected chi connectivity index (χ1v) is 8.11. The fourth-order valence-electron chi connectivity index (χ4n) is 2.26. The molecule has 0 saturated carbocycles. The summed E-state index contributed by atoms with van der Waals surface area (Å²) in [7, 11) is 0. The number of nitrogens with zero attached hydrogens (tertiary/aromatic N) is 4. The number of amides is 1. The molecule has 0 aromatic carbocycles. The fourth-order valence-corrected chi connectivity index (χ4v) is 2.40. The number of halogens is 1. The van der Waals surface area contributed by atoms with Gasteiger partial charge in [0.05, 0.1) is 11.9 Å². The van der Waals surface area contributed by atoms with E-state index in [2.05, 4.69) is 20.4 Å². The van der Waals surface area contributed by atoms with E-state index in [1.165, 1.54) is 0 Å². The zero-order valence-corrected chi connectivity index (χ0v) is 14.9. The summed E-state index contributed by atoms with van der Waals surface area (Å²) in [5.41, 5.74) is 2.58. The van der Waals surface area contributed by atoms with Crippen molar-refractivity contribution in [1.29, 1.82) is 0 Å². The van der Waals surface area contributed by atoms with Crippen LogP contribution in [0.5, 0.6) is 0 Å². The molecule has 8 heteroatoms. The monoisotopic (exact) mass is 359 g/mol. The molecule has 3 aromatic rings. The van der Waals surface area contributed by atoms with Crippen LogP contribution >= 0.6 is 11.6 Å². The number of ether oxygens (including phenoxy) is 1. The van der Waals surface area contributed by atoms with Crippen molar-refractivity contribution in [1.82, 2.24) is 24.9 Å². The number of hydrogen-bond acceptors (Lipinski definition) is 5. The summed E-state index contributed by atoms with van der Waals surface area (Å²) in [6, 6.07) is 5.39. The van der Waals surface area contributed by atoms with Crippen molar-refractivity contribution in [3.8, 4) is 11.3 Å². The SMILES string of the molecule is CC(C)(C)OC(=O)NCc1cncc(-c2cnc3ccc(Cl)nn23)c1. The van der Waals surface area contributed by atoms with Gasteiger partial charge in [0, 0.05) is 24.5 Å². The van der Waals surface area contributed by atoms with Gasteiger partial charge in [0.15, 0.2) is 5.65 Å². The Bertz CT molecular complexity index is 917. The molecule has 3 rings (SSSR count). The Morgan fingerprint density at radius 1 is 1.28 bits per heavy atom. The minimum absolute atomic E-state index is 0.306. The van der Waals surface area contributed by atoms with Gasteiger partial charge in [0.25, 0.3) is 0 Å². The lowest BCUT2D eigenvalue weighted by Gasteiger charge is -2.19. The van der Waals surface area contributed by atoms with Crippen molar-refractivity contribution in [2.45, 2.75) is 32.9 Å². The van der Waals surface area contributed by atoms with Gasteiger partial charge in [-0.15, -0.1) is 0 Å². The number of imidazole rings is 1. The number of carbonyl (C=O) groups is 1. The molecular formula is C17H18ClN5O2. The summed E-state index contributed by atoms with van der Waals surface area (Å²) in [6.07, 6.45) is 4.63. The van der Waals surface area contributed by atoms with Crippen molar-refractivity contribution < 1.29 is 9.53 Å². The molecule has 0 saturated heterocycles. The molecule has 0 aliphatic rings. The number of pyridine rings is 1. The Morgan fingerprint density at radius 2 is 2.08 bits per heavy atom. The van der Waals surface area contributed by atoms with Crippen molar-refractivity contribution in [2.24, 2.45) is 0 Å². The lowest BCUT2D eigenvalue weighted by Crippen LogP contribution is -2.32. The van der Waals surface area contributed by atoms with Crippen molar-refractivity contribution in [2.75, 3.05) is 0 Å². The van der Waals surface area contributed by atoms with Crippen molar-refractivity contribution in [3.05, 3.63) is 47.5 Å². The van der Waals surface area contributed by atoms with Crippen LogP contribution in [0.4, 0.5) is 4.79 Å². The second kappa shape index (κ2) is 6.68. The van der Waals surface area contributed by atoms with Gasteiger partial charge in [-0.25, -0.2) is 14.3 Å². The van der Waals surface area contributed by atoms with Crippen LogP contribution < -0.4 is 5.32 Å². The van der Waals surface area contributed by atoms with E-state index in [1.807, 2.05) is 26.8 Å². The van der Waals surface area contributed by atoms with Crippen LogP contribution in [0.3, 0.4) is 0 Å². The fraction of sp³-hybridized carbons (Fsp3) is 0.294. The predicted molar refractivity (Wildman–Crippen MR) is 94.3 cm³/mol. The molecule has 0 spiro atoms. The van der Waals surface area contributed by atoms with Crippen LogP contribution in [0.15, 0.2) is 36.8 Å². The maximum Gasteiger partial charge on any atom is 0.407 e. The van der Waals surface area contributed by atoms with E-state index in [0.29, 0.717) is 17.3 Å². The lowest BCUT2D eigenvalue weighted by atomic mass is 10.1. The first-order valence-electron chi connectivity index (χ1n) is 7.73. The largest absolute Gasteiger partial charge is 0.444 e. The van der Waals surface area contributed by atoms with Crippen molar-refractivity contribution >= 4 is 23.3 Å². The predicted octanol–water partition coefficient (Wildman–Crippen LogP) is 3.47. The first kappa shape index (κ1) is 17.2. The summed E-state index contributed by atoms with van der Waals surface area (Å²) in [5.74, 6) is 0. The number of nitrogens with one attached hydrogen (secondary N) is 1. The molecule has 130 valence electrons. The van der Waals surface area contributed by atoms with Gasteiger partial charge in [-0.3, -0.25) is 4.98 Å². The summed E-state index contributed by atoms with van der Waals surface area (Å²) >= 11 is 5.97. The summed E-state index contributed by atoms with van der Waals surface area (Å²) in [5, 5.41) is 7.35. The van der Waals surface area contributed by atoms with Gasteiger partial charge < -0.3 is 10.1 Å². The molecular weight excluding hydrogens is 342 g/mol. The molecule has 0 aliphatic carbocycles. The number of aromatic nitrogens is 4. The Labute approximate surface area is 150 Å². The van der Waals surface area contributed by atoms with E-state index in [-0.39, 0.29) is 0 Å². The average Bonchev–Trinajstić information content (AvgIpc) is 2.94. The smallest absolute Gasteiger partial charge is 0.407 e. The van der Waals surface area contributed by atoms with E-state index < -0.39 is 11.7 Å². The van der Waals surface area contributed by atoms with Crippen LogP contribution in [-0.4, -0.2) is 31.3 Å². The third-order valence-corrected chi connectivity index (χ3v) is 3.46. The molecule has 0 radical (unpaired) electrons. The van der Waals surface area contributed by atoms with Gasteiger partial charge >= 0.3 is 6.09 Å². The minimum Gasteiger partial charge on any atom is -0.444 e. The van der Waals surface area contributed by atoms with Crippen LogP contribution in [0.1, 0.15) is 26.3 Å². The second-order valence-corrected chi connectivity index (χ2v) is 6.89. The number of hydrogen-bond donors (Lipinski definition) is 1. The molecule has 3 heterocycles. The molecule has 1 amide bonds. The average molecular weight is 360 g/mol. The normalized spacial score (nSPS) is 11.5. The van der Waals surface area contributed by atoms with Crippen LogP contribution in [-0.2, 0) is 11.3 Å². The summed E-state index contributed by atoms with van der Waals surface area (Å²) in [6.45, 7) is 5.76. The third kappa shape index (κ3) is 4.24. The zero-order valence-electron chi connectivity index (χ0n) is 14.2. The molecule has 0 bridgehead atoms.